The lowest BCUT2D eigenvalue weighted by Gasteiger charge is -2.09. The Balaban J connectivity index is 2.14. The maximum Gasteiger partial charge on any atom is 0.327 e. The summed E-state index contributed by atoms with van der Waals surface area (Å²) in [4.78, 5) is 0. The van der Waals surface area contributed by atoms with E-state index in [2.05, 4.69) is 8.37 Å². The van der Waals surface area contributed by atoms with Crippen molar-refractivity contribution in [2.45, 2.75) is 0 Å². The molecule has 25 heavy (non-hydrogen) atoms. The number of halogens is 4. The summed E-state index contributed by atoms with van der Waals surface area (Å²) in [6.07, 6.45) is 0. The van der Waals surface area contributed by atoms with Crippen LogP contribution in [0.15, 0.2) is 36.4 Å². The van der Waals surface area contributed by atoms with Crippen LogP contribution in [0.1, 0.15) is 0 Å². The first-order chi connectivity index (χ1) is 11.5. The summed E-state index contributed by atoms with van der Waals surface area (Å²) in [5.41, 5.74) is 0. The van der Waals surface area contributed by atoms with Crippen molar-refractivity contribution in [2.24, 2.45) is 0 Å². The van der Waals surface area contributed by atoms with Gasteiger partial charge in [-0.2, -0.15) is 16.8 Å². The summed E-state index contributed by atoms with van der Waals surface area (Å²) in [5.74, 6) is -6.68. The van der Waals surface area contributed by atoms with Crippen molar-refractivity contribution in [3.63, 3.8) is 0 Å². The first-order valence-electron chi connectivity index (χ1n) is 6.22. The lowest BCUT2D eigenvalue weighted by molar-refractivity contribution is 0.464. The third-order valence-corrected chi connectivity index (χ3v) is 5.72. The molecular weight excluding hydrogens is 392 g/mol. The molecule has 0 aliphatic rings. The summed E-state index contributed by atoms with van der Waals surface area (Å²) in [7, 11) is -9.66. The van der Waals surface area contributed by atoms with E-state index in [4.69, 9.17) is 0 Å². The van der Waals surface area contributed by atoms with Gasteiger partial charge in [0.05, 0.1) is 0 Å². The van der Waals surface area contributed by atoms with Crippen molar-refractivity contribution < 1.29 is 42.8 Å². The van der Waals surface area contributed by atoms with Crippen LogP contribution in [0.25, 0.3) is 0 Å². The zero-order valence-electron chi connectivity index (χ0n) is 11.9. The van der Waals surface area contributed by atoms with E-state index in [1.807, 2.05) is 0 Å². The molecule has 2 rings (SSSR count). The fourth-order valence-corrected chi connectivity index (χ4v) is 4.17. The topological polar surface area (TPSA) is 86.7 Å². The molecule has 0 N–H and O–H groups in total. The van der Waals surface area contributed by atoms with Crippen molar-refractivity contribution in [3.8, 4) is 11.5 Å². The van der Waals surface area contributed by atoms with Crippen LogP contribution in [-0.2, 0) is 20.2 Å². The second kappa shape index (κ2) is 6.88. The molecule has 0 fully saturated rings. The fraction of sp³-hybridized carbons (Fsp3) is 0.0769. The maximum absolute atomic E-state index is 13.0. The van der Waals surface area contributed by atoms with Crippen molar-refractivity contribution in [1.82, 2.24) is 0 Å². The van der Waals surface area contributed by atoms with Gasteiger partial charge in [-0.1, -0.05) is 0 Å². The van der Waals surface area contributed by atoms with Gasteiger partial charge < -0.3 is 8.37 Å². The minimum atomic E-state index is -4.83. The van der Waals surface area contributed by atoms with E-state index in [-0.39, 0.29) is 0 Å². The van der Waals surface area contributed by atoms with E-state index in [0.29, 0.717) is 24.3 Å². The van der Waals surface area contributed by atoms with Gasteiger partial charge in [-0.25, -0.2) is 17.6 Å². The molecule has 0 aliphatic carbocycles. The number of hydrogen-bond donors (Lipinski definition) is 0. The van der Waals surface area contributed by atoms with Crippen LogP contribution < -0.4 is 8.37 Å². The monoisotopic (exact) mass is 400 g/mol. The fourth-order valence-electron chi connectivity index (χ4n) is 1.58. The summed E-state index contributed by atoms with van der Waals surface area (Å²) >= 11 is 0. The standard InChI is InChI=1S/C13H8F4O6S2/c14-10-3-1-8(5-12(10)16)22-24(18,19)7-25(20,21)23-9-2-4-11(15)13(17)6-9/h1-6H,7H2. The van der Waals surface area contributed by atoms with E-state index in [1.165, 1.54) is 0 Å². The van der Waals surface area contributed by atoms with Gasteiger partial charge in [-0.15, -0.1) is 0 Å². The molecular formula is C13H8F4O6S2. The van der Waals surface area contributed by atoms with E-state index in [0.717, 1.165) is 12.1 Å². The van der Waals surface area contributed by atoms with Gasteiger partial charge >= 0.3 is 20.2 Å². The predicted octanol–water partition coefficient (Wildman–Crippen LogP) is 2.32. The van der Waals surface area contributed by atoms with Crippen LogP contribution in [0.4, 0.5) is 17.6 Å². The summed E-state index contributed by atoms with van der Waals surface area (Å²) in [6.45, 7) is 0. The Hall–Kier alpha value is -2.34. The quantitative estimate of drug-likeness (QED) is 0.546. The molecule has 2 aromatic rings. The Labute approximate surface area is 139 Å². The van der Waals surface area contributed by atoms with Gasteiger partial charge in [-0.05, 0) is 24.3 Å². The predicted molar refractivity (Wildman–Crippen MR) is 76.7 cm³/mol. The normalized spacial score (nSPS) is 12.0. The molecule has 136 valence electrons. The Kier molecular flexibility index (Phi) is 5.23. The lowest BCUT2D eigenvalue weighted by Crippen LogP contribution is -2.24. The minimum absolute atomic E-state index is 0.399. The second-order valence-electron chi connectivity index (χ2n) is 4.55. The van der Waals surface area contributed by atoms with E-state index >= 15 is 0 Å². The molecule has 0 aliphatic heterocycles. The van der Waals surface area contributed by atoms with Crippen LogP contribution in [-0.4, -0.2) is 21.9 Å². The van der Waals surface area contributed by atoms with Gasteiger partial charge in [0.25, 0.3) is 0 Å². The molecule has 6 nitrogen and oxygen atoms in total. The first kappa shape index (κ1) is 19.0. The van der Waals surface area contributed by atoms with Crippen molar-refractivity contribution >= 4 is 20.2 Å². The average molecular weight is 400 g/mol. The highest BCUT2D eigenvalue weighted by atomic mass is 32.3. The molecule has 0 saturated heterocycles. The highest BCUT2D eigenvalue weighted by molar-refractivity contribution is 8.04. The molecule has 0 saturated carbocycles. The molecule has 0 spiro atoms. The van der Waals surface area contributed by atoms with Gasteiger partial charge in [0.2, 0.25) is 5.08 Å². The molecule has 0 aromatic heterocycles. The number of hydrogen-bond acceptors (Lipinski definition) is 6. The van der Waals surface area contributed by atoms with Crippen molar-refractivity contribution in [3.05, 3.63) is 59.7 Å². The SMILES string of the molecule is O=S(=O)(CS(=O)(=O)Oc1ccc(F)c(F)c1)Oc1ccc(F)c(F)c1. The largest absolute Gasteiger partial charge is 0.381 e. The van der Waals surface area contributed by atoms with E-state index in [1.54, 1.807) is 0 Å². The van der Waals surface area contributed by atoms with Crippen LogP contribution >= 0.6 is 0 Å². The molecule has 0 atom stereocenters. The third-order valence-electron chi connectivity index (χ3n) is 2.52. The number of benzene rings is 2. The van der Waals surface area contributed by atoms with Gasteiger partial charge in [0, 0.05) is 12.1 Å². The maximum atomic E-state index is 13.0. The van der Waals surface area contributed by atoms with E-state index in [9.17, 15) is 34.4 Å². The van der Waals surface area contributed by atoms with Gasteiger partial charge in [0.15, 0.2) is 23.3 Å². The molecule has 0 radical (unpaired) electrons. The Morgan fingerprint density at radius 3 is 1.32 bits per heavy atom. The zero-order chi connectivity index (χ0) is 18.8. The third kappa shape index (κ3) is 5.32. The summed E-state index contributed by atoms with van der Waals surface area (Å²) < 4.78 is 107. The smallest absolute Gasteiger partial charge is 0.327 e. The first-order valence-corrected chi connectivity index (χ1v) is 9.37. The molecule has 0 bridgehead atoms. The van der Waals surface area contributed by atoms with Crippen LogP contribution in [0.3, 0.4) is 0 Å². The van der Waals surface area contributed by atoms with Crippen molar-refractivity contribution in [1.29, 1.82) is 0 Å². The summed E-state index contributed by atoms with van der Waals surface area (Å²) in [5, 5.41) is -1.71. The zero-order valence-corrected chi connectivity index (χ0v) is 13.6. The van der Waals surface area contributed by atoms with Crippen LogP contribution in [0.2, 0.25) is 0 Å². The molecule has 2 aromatic carbocycles. The van der Waals surface area contributed by atoms with Crippen LogP contribution in [0, 0.1) is 23.3 Å². The van der Waals surface area contributed by atoms with Crippen LogP contribution in [0.5, 0.6) is 11.5 Å². The van der Waals surface area contributed by atoms with Gasteiger partial charge in [0.1, 0.15) is 11.5 Å². The molecule has 0 unspecified atom stereocenters. The minimum Gasteiger partial charge on any atom is -0.381 e. The van der Waals surface area contributed by atoms with Crippen molar-refractivity contribution in [2.75, 3.05) is 5.08 Å². The highest BCUT2D eigenvalue weighted by Crippen LogP contribution is 2.20. The highest BCUT2D eigenvalue weighted by Gasteiger charge is 2.27. The Morgan fingerprint density at radius 2 is 1.00 bits per heavy atom. The number of rotatable bonds is 6. The second-order valence-corrected chi connectivity index (χ2v) is 8.06. The van der Waals surface area contributed by atoms with Gasteiger partial charge in [-0.3, -0.25) is 0 Å². The molecule has 0 amide bonds. The van der Waals surface area contributed by atoms with E-state index < -0.39 is 60.1 Å². The summed E-state index contributed by atoms with van der Waals surface area (Å²) in [6, 6.07) is 3.47. The molecule has 12 heteroatoms. The average Bonchev–Trinajstić information content (AvgIpc) is 2.45. The Bertz CT molecular complexity index is 924. The Morgan fingerprint density at radius 1 is 0.640 bits per heavy atom. The lowest BCUT2D eigenvalue weighted by atomic mass is 10.3. The molecule has 0 heterocycles.